The van der Waals surface area contributed by atoms with Crippen molar-refractivity contribution in [2.24, 2.45) is 11.8 Å². The Balaban J connectivity index is 2.09. The number of carboxylic acids is 1. The van der Waals surface area contributed by atoms with Gasteiger partial charge in [0.25, 0.3) is 0 Å². The van der Waals surface area contributed by atoms with Crippen molar-refractivity contribution in [3.05, 3.63) is 29.8 Å². The van der Waals surface area contributed by atoms with Crippen LogP contribution in [-0.2, 0) is 14.4 Å². The number of benzene rings is 1. The van der Waals surface area contributed by atoms with Crippen molar-refractivity contribution in [1.29, 1.82) is 0 Å². The van der Waals surface area contributed by atoms with Crippen LogP contribution in [0.1, 0.15) is 18.0 Å². The summed E-state index contributed by atoms with van der Waals surface area (Å²) in [4.78, 5) is 39.3. The second-order valence-corrected chi connectivity index (χ2v) is 8.22. The summed E-state index contributed by atoms with van der Waals surface area (Å²) in [7, 11) is 0. The largest absolute Gasteiger partial charge is 0.573 e. The number of hydrogen-bond acceptors (Lipinski definition) is 6. The van der Waals surface area contributed by atoms with E-state index >= 15 is 0 Å². The predicted molar refractivity (Wildman–Crippen MR) is 105 cm³/mol. The maximum atomic E-state index is 13.0. The van der Waals surface area contributed by atoms with E-state index in [1.807, 2.05) is 0 Å². The van der Waals surface area contributed by atoms with Gasteiger partial charge in [-0.1, -0.05) is 18.1 Å². The van der Waals surface area contributed by atoms with E-state index < -0.39 is 53.3 Å². The van der Waals surface area contributed by atoms with Crippen LogP contribution >= 0.6 is 11.8 Å². The van der Waals surface area contributed by atoms with Gasteiger partial charge in [0, 0.05) is 6.04 Å². The smallest absolute Gasteiger partial charge is 0.480 e. The van der Waals surface area contributed by atoms with Crippen LogP contribution in [0.25, 0.3) is 0 Å². The fraction of sp³-hybridized carbons (Fsp3) is 0.450. The molecule has 0 aromatic heterocycles. The molecule has 2 fully saturated rings. The Bertz CT molecular complexity index is 947. The van der Waals surface area contributed by atoms with E-state index in [1.54, 1.807) is 6.26 Å². The first-order valence-corrected chi connectivity index (χ1v) is 10.6. The Hall–Kier alpha value is -2.71. The van der Waals surface area contributed by atoms with Gasteiger partial charge in [0.05, 0.1) is 18.4 Å². The molecule has 0 saturated carbocycles. The number of rotatable bonds is 7. The van der Waals surface area contributed by atoms with Gasteiger partial charge in [0.1, 0.15) is 11.3 Å². The third kappa shape index (κ3) is 4.09. The van der Waals surface area contributed by atoms with Gasteiger partial charge >= 0.3 is 12.3 Å². The summed E-state index contributed by atoms with van der Waals surface area (Å²) in [6, 6.07) is 3.91. The Morgan fingerprint density at radius 1 is 1.39 bits per heavy atom. The number of aliphatic carboxylic acids is 1. The number of nitrogens with zero attached hydrogens (tertiary/aromatic N) is 1. The number of thioether (sulfide) groups is 1. The molecule has 1 aromatic carbocycles. The van der Waals surface area contributed by atoms with E-state index in [2.05, 4.69) is 16.0 Å². The highest BCUT2D eigenvalue weighted by Crippen LogP contribution is 2.50. The number of halogens is 3. The second kappa shape index (κ2) is 8.43. The first kappa shape index (κ1) is 23.0. The normalized spacial score (nSPS) is 27.8. The van der Waals surface area contributed by atoms with Gasteiger partial charge in [0.2, 0.25) is 11.8 Å². The number of carboxylic acid groups (broad SMARTS) is 1. The lowest BCUT2D eigenvalue weighted by Gasteiger charge is -2.30. The molecule has 0 spiro atoms. The number of likely N-dealkylation sites (tertiary alicyclic amines) is 1. The molecule has 4 atom stereocenters. The van der Waals surface area contributed by atoms with Crippen LogP contribution in [-0.4, -0.2) is 58.2 Å². The second-order valence-electron chi connectivity index (χ2n) is 7.23. The minimum absolute atomic E-state index is 0.0306. The number of fused-ring (bicyclic) bond motifs is 1. The van der Waals surface area contributed by atoms with Gasteiger partial charge in [0.15, 0.2) is 0 Å². The number of carbonyl (C=O) groups excluding carboxylic acids is 2. The number of nitrogens with one attached hydrogen (secondary N) is 1. The summed E-state index contributed by atoms with van der Waals surface area (Å²) in [5.41, 5.74) is -1.57. The topological polar surface area (TPSA) is 95.9 Å². The van der Waals surface area contributed by atoms with Crippen LogP contribution < -0.4 is 10.1 Å². The van der Waals surface area contributed by atoms with E-state index in [9.17, 15) is 32.7 Å². The summed E-state index contributed by atoms with van der Waals surface area (Å²) >= 11 is 1.37. The Morgan fingerprint density at radius 3 is 2.68 bits per heavy atom. The van der Waals surface area contributed by atoms with Gasteiger partial charge in [-0.05, 0) is 36.1 Å². The van der Waals surface area contributed by atoms with Crippen LogP contribution in [0.3, 0.4) is 0 Å². The van der Waals surface area contributed by atoms with Crippen molar-refractivity contribution in [2.45, 2.75) is 24.4 Å². The third-order valence-corrected chi connectivity index (χ3v) is 6.14. The number of imide groups is 1. The highest BCUT2D eigenvalue weighted by Gasteiger charge is 2.68. The minimum Gasteiger partial charge on any atom is -0.480 e. The van der Waals surface area contributed by atoms with Gasteiger partial charge in [-0.2, -0.15) is 11.8 Å². The molecule has 7 nitrogen and oxygen atoms in total. The predicted octanol–water partition coefficient (Wildman–Crippen LogP) is 2.04. The molecule has 2 aliphatic heterocycles. The first-order valence-electron chi connectivity index (χ1n) is 9.20. The van der Waals surface area contributed by atoms with Crippen molar-refractivity contribution in [1.82, 2.24) is 10.2 Å². The number of terminal acetylenes is 1. The van der Waals surface area contributed by atoms with Crippen molar-refractivity contribution < 1.29 is 37.4 Å². The van der Waals surface area contributed by atoms with Gasteiger partial charge < -0.3 is 9.84 Å². The zero-order valence-corrected chi connectivity index (χ0v) is 17.1. The average molecular weight is 456 g/mol. The highest BCUT2D eigenvalue weighted by atomic mass is 32.2. The number of amides is 2. The molecule has 166 valence electrons. The molecule has 0 aliphatic carbocycles. The highest BCUT2D eigenvalue weighted by molar-refractivity contribution is 7.98. The lowest BCUT2D eigenvalue weighted by molar-refractivity contribution is -0.274. The number of ether oxygens (including phenoxy) is 1. The fourth-order valence-corrected chi connectivity index (χ4v) is 4.82. The average Bonchev–Trinajstić information content (AvgIpc) is 3.16. The number of alkyl halides is 3. The summed E-state index contributed by atoms with van der Waals surface area (Å²) < 4.78 is 41.9. The van der Waals surface area contributed by atoms with Crippen LogP contribution in [0.4, 0.5) is 13.2 Å². The summed E-state index contributed by atoms with van der Waals surface area (Å²) in [5, 5.41) is 13.0. The molecule has 0 bridgehead atoms. The molecule has 4 unspecified atom stereocenters. The van der Waals surface area contributed by atoms with E-state index in [4.69, 9.17) is 6.42 Å². The molecule has 1 aromatic rings. The standard InChI is InChI=1S/C20H19F3N2O5S/c1-3-8-25-16(26)13-14(17(25)27)19(18(28)29,7-9-31-2)24-15(13)11-5-4-6-12(10-11)30-20(21,22)23/h1,4-6,10,13-15,24H,7-9H2,2H3,(H,28,29). The molecule has 2 aliphatic rings. The molecule has 3 rings (SSSR count). The number of carbonyl (C=O) groups is 3. The fourth-order valence-electron chi connectivity index (χ4n) is 4.30. The van der Waals surface area contributed by atoms with Gasteiger partial charge in [-0.3, -0.25) is 24.6 Å². The summed E-state index contributed by atoms with van der Waals surface area (Å²) in [6.45, 7) is -0.313. The minimum atomic E-state index is -4.92. The van der Waals surface area contributed by atoms with Crippen LogP contribution in [0.5, 0.6) is 5.75 Å². The molecule has 2 saturated heterocycles. The molecule has 2 amide bonds. The SMILES string of the molecule is C#CCN1C(=O)C2C(c3cccc(OC(F)(F)F)c3)NC(CCSC)(C(=O)O)C2C1=O. The Kier molecular flexibility index (Phi) is 6.25. The number of hydrogen-bond donors (Lipinski definition) is 2. The van der Waals surface area contributed by atoms with Gasteiger partial charge in [-0.25, -0.2) is 0 Å². The first-order chi connectivity index (χ1) is 14.6. The zero-order valence-electron chi connectivity index (χ0n) is 16.3. The maximum absolute atomic E-state index is 13.0. The molecule has 2 heterocycles. The molecule has 0 radical (unpaired) electrons. The van der Waals surface area contributed by atoms with Crippen molar-refractivity contribution in [2.75, 3.05) is 18.6 Å². The van der Waals surface area contributed by atoms with Crippen LogP contribution in [0, 0.1) is 24.2 Å². The molecule has 11 heteroatoms. The lowest BCUT2D eigenvalue weighted by atomic mass is 9.78. The molecular formula is C20H19F3N2O5S. The maximum Gasteiger partial charge on any atom is 0.573 e. The van der Waals surface area contributed by atoms with Crippen molar-refractivity contribution >= 4 is 29.5 Å². The van der Waals surface area contributed by atoms with Crippen molar-refractivity contribution in [3.63, 3.8) is 0 Å². The summed E-state index contributed by atoms with van der Waals surface area (Å²) in [5.74, 6) is -2.95. The molecule has 31 heavy (non-hydrogen) atoms. The van der Waals surface area contributed by atoms with Crippen LogP contribution in [0.2, 0.25) is 0 Å². The Labute approximate surface area is 180 Å². The van der Waals surface area contributed by atoms with E-state index in [0.29, 0.717) is 5.75 Å². The van der Waals surface area contributed by atoms with E-state index in [-0.39, 0.29) is 18.5 Å². The van der Waals surface area contributed by atoms with Crippen molar-refractivity contribution in [3.8, 4) is 18.1 Å². The third-order valence-electron chi connectivity index (χ3n) is 5.53. The zero-order chi connectivity index (χ0) is 23.0. The van der Waals surface area contributed by atoms with Gasteiger partial charge in [-0.15, -0.1) is 19.6 Å². The monoisotopic (exact) mass is 456 g/mol. The van der Waals surface area contributed by atoms with E-state index in [0.717, 1.165) is 17.0 Å². The van der Waals surface area contributed by atoms with E-state index in [1.165, 1.54) is 23.9 Å². The lowest BCUT2D eigenvalue weighted by Crippen LogP contribution is -2.56. The Morgan fingerprint density at radius 2 is 2.10 bits per heavy atom. The van der Waals surface area contributed by atoms with Crippen LogP contribution in [0.15, 0.2) is 24.3 Å². The molecule has 2 N–H and O–H groups in total. The quantitative estimate of drug-likeness (QED) is 0.479. The summed E-state index contributed by atoms with van der Waals surface area (Å²) in [6.07, 6.45) is 2.14. The molecular weight excluding hydrogens is 437 g/mol.